The molecule has 0 aliphatic carbocycles. The molecule has 2 atom stereocenters. The minimum Gasteiger partial charge on any atom is -0.351 e. The molecule has 2 unspecified atom stereocenters. The fourth-order valence-corrected chi connectivity index (χ4v) is 2.23. The SMILES string of the molecule is CC1CN(c2nc(F)c(F)cc2F)CC(C)N1C. The molecule has 0 amide bonds. The molecule has 0 bridgehead atoms. The molecule has 1 aromatic heterocycles. The molecular weight excluding hydrogens is 243 g/mol. The van der Waals surface area contributed by atoms with E-state index in [1.807, 2.05) is 20.9 Å². The van der Waals surface area contributed by atoms with Gasteiger partial charge in [0.15, 0.2) is 17.5 Å². The van der Waals surface area contributed by atoms with Crippen LogP contribution in [0.25, 0.3) is 0 Å². The largest absolute Gasteiger partial charge is 0.351 e. The van der Waals surface area contributed by atoms with Crippen LogP contribution in [-0.2, 0) is 0 Å². The first kappa shape index (κ1) is 13.1. The average Bonchev–Trinajstić information content (AvgIpc) is 2.30. The summed E-state index contributed by atoms with van der Waals surface area (Å²) >= 11 is 0. The van der Waals surface area contributed by atoms with Gasteiger partial charge in [-0.1, -0.05) is 0 Å². The number of pyridine rings is 1. The molecule has 100 valence electrons. The Morgan fingerprint density at radius 3 is 2.22 bits per heavy atom. The van der Waals surface area contributed by atoms with E-state index in [9.17, 15) is 13.2 Å². The Labute approximate surface area is 104 Å². The highest BCUT2D eigenvalue weighted by molar-refractivity contribution is 5.41. The van der Waals surface area contributed by atoms with Crippen LogP contribution < -0.4 is 4.90 Å². The first-order valence-electron chi connectivity index (χ1n) is 5.88. The van der Waals surface area contributed by atoms with E-state index < -0.39 is 17.6 Å². The Morgan fingerprint density at radius 1 is 1.11 bits per heavy atom. The van der Waals surface area contributed by atoms with Crippen LogP contribution >= 0.6 is 0 Å². The maximum atomic E-state index is 13.6. The summed E-state index contributed by atoms with van der Waals surface area (Å²) in [7, 11) is 1.99. The fraction of sp³-hybridized carbons (Fsp3) is 0.583. The van der Waals surface area contributed by atoms with Gasteiger partial charge in [0.2, 0.25) is 0 Å². The van der Waals surface area contributed by atoms with Gasteiger partial charge < -0.3 is 4.90 Å². The predicted molar refractivity (Wildman–Crippen MR) is 63.0 cm³/mol. The number of hydrogen-bond acceptors (Lipinski definition) is 3. The second-order valence-electron chi connectivity index (χ2n) is 4.83. The van der Waals surface area contributed by atoms with Crippen molar-refractivity contribution in [3.8, 4) is 0 Å². The van der Waals surface area contributed by atoms with E-state index in [4.69, 9.17) is 0 Å². The summed E-state index contributed by atoms with van der Waals surface area (Å²) in [5, 5.41) is 0. The molecule has 1 fully saturated rings. The Bertz CT molecular complexity index is 440. The smallest absolute Gasteiger partial charge is 0.251 e. The molecule has 0 N–H and O–H groups in total. The van der Waals surface area contributed by atoms with E-state index in [1.165, 1.54) is 0 Å². The van der Waals surface area contributed by atoms with Gasteiger partial charge in [-0.25, -0.2) is 8.78 Å². The number of nitrogens with zero attached hydrogens (tertiary/aromatic N) is 3. The Kier molecular flexibility index (Phi) is 3.47. The van der Waals surface area contributed by atoms with Gasteiger partial charge in [0, 0.05) is 31.2 Å². The molecule has 1 aromatic rings. The van der Waals surface area contributed by atoms with E-state index in [-0.39, 0.29) is 17.9 Å². The van der Waals surface area contributed by atoms with E-state index in [2.05, 4.69) is 9.88 Å². The molecule has 1 aliphatic rings. The lowest BCUT2D eigenvalue weighted by Crippen LogP contribution is -2.55. The quantitative estimate of drug-likeness (QED) is 0.719. The highest BCUT2D eigenvalue weighted by Gasteiger charge is 2.29. The van der Waals surface area contributed by atoms with Crippen LogP contribution in [0.1, 0.15) is 13.8 Å². The summed E-state index contributed by atoms with van der Waals surface area (Å²) in [5.41, 5.74) is 0. The van der Waals surface area contributed by atoms with Crippen molar-refractivity contribution >= 4 is 5.82 Å². The number of aromatic nitrogens is 1. The molecule has 0 aromatic carbocycles. The second kappa shape index (κ2) is 4.76. The fourth-order valence-electron chi connectivity index (χ4n) is 2.23. The summed E-state index contributed by atoms with van der Waals surface area (Å²) in [5.74, 6) is -3.45. The molecular formula is C12H16F3N3. The van der Waals surface area contributed by atoms with Crippen molar-refractivity contribution in [2.24, 2.45) is 0 Å². The van der Waals surface area contributed by atoms with Crippen molar-refractivity contribution in [3.63, 3.8) is 0 Å². The molecule has 18 heavy (non-hydrogen) atoms. The minimum absolute atomic E-state index is 0.110. The summed E-state index contributed by atoms with van der Waals surface area (Å²) in [6.07, 6.45) is 0. The lowest BCUT2D eigenvalue weighted by Gasteiger charge is -2.42. The average molecular weight is 259 g/mol. The van der Waals surface area contributed by atoms with Crippen molar-refractivity contribution in [2.75, 3.05) is 25.0 Å². The summed E-state index contributed by atoms with van der Waals surface area (Å²) in [6.45, 7) is 5.08. The maximum absolute atomic E-state index is 13.6. The molecule has 1 saturated heterocycles. The van der Waals surface area contributed by atoms with Crippen molar-refractivity contribution in [3.05, 3.63) is 23.6 Å². The second-order valence-corrected chi connectivity index (χ2v) is 4.83. The van der Waals surface area contributed by atoms with Gasteiger partial charge in [0.1, 0.15) is 0 Å². The van der Waals surface area contributed by atoms with Gasteiger partial charge in [-0.05, 0) is 20.9 Å². The van der Waals surface area contributed by atoms with E-state index >= 15 is 0 Å². The summed E-state index contributed by atoms with van der Waals surface area (Å²) in [6, 6.07) is 0.942. The Hall–Kier alpha value is -1.30. The van der Waals surface area contributed by atoms with Gasteiger partial charge in [-0.3, -0.25) is 4.90 Å². The van der Waals surface area contributed by atoms with Crippen LogP contribution in [-0.4, -0.2) is 42.1 Å². The zero-order valence-corrected chi connectivity index (χ0v) is 10.6. The number of piperazine rings is 1. The van der Waals surface area contributed by atoms with Gasteiger partial charge in [-0.15, -0.1) is 0 Å². The first-order valence-corrected chi connectivity index (χ1v) is 5.88. The van der Waals surface area contributed by atoms with Gasteiger partial charge in [0.25, 0.3) is 5.95 Å². The molecule has 6 heteroatoms. The normalized spacial score (nSPS) is 25.6. The maximum Gasteiger partial charge on any atom is 0.251 e. The molecule has 0 spiro atoms. The van der Waals surface area contributed by atoms with Crippen molar-refractivity contribution in [2.45, 2.75) is 25.9 Å². The molecule has 2 heterocycles. The third-order valence-corrected chi connectivity index (χ3v) is 3.53. The lowest BCUT2D eigenvalue weighted by molar-refractivity contribution is 0.169. The Balaban J connectivity index is 2.29. The van der Waals surface area contributed by atoms with Gasteiger partial charge in [0.05, 0.1) is 0 Å². The van der Waals surface area contributed by atoms with Crippen LogP contribution in [0, 0.1) is 17.6 Å². The number of hydrogen-bond donors (Lipinski definition) is 0. The van der Waals surface area contributed by atoms with Crippen molar-refractivity contribution in [1.82, 2.24) is 9.88 Å². The monoisotopic (exact) mass is 259 g/mol. The van der Waals surface area contributed by atoms with Crippen molar-refractivity contribution in [1.29, 1.82) is 0 Å². The molecule has 1 aliphatic heterocycles. The predicted octanol–water partition coefficient (Wildman–Crippen LogP) is 2.03. The number of halogens is 3. The summed E-state index contributed by atoms with van der Waals surface area (Å²) < 4.78 is 39.6. The molecule has 2 rings (SSSR count). The summed E-state index contributed by atoms with van der Waals surface area (Å²) in [4.78, 5) is 7.20. The number of anilines is 1. The van der Waals surface area contributed by atoms with E-state index in [0.717, 1.165) is 0 Å². The molecule has 0 radical (unpaired) electrons. The van der Waals surface area contributed by atoms with Gasteiger partial charge in [-0.2, -0.15) is 9.37 Å². The van der Waals surface area contributed by atoms with Crippen LogP contribution in [0.4, 0.5) is 19.0 Å². The topological polar surface area (TPSA) is 19.4 Å². The zero-order valence-electron chi connectivity index (χ0n) is 10.6. The molecule has 3 nitrogen and oxygen atoms in total. The number of likely N-dealkylation sites (N-methyl/N-ethyl adjacent to an activating group) is 1. The number of rotatable bonds is 1. The third-order valence-electron chi connectivity index (χ3n) is 3.53. The molecule has 0 saturated carbocycles. The lowest BCUT2D eigenvalue weighted by atomic mass is 10.1. The third kappa shape index (κ3) is 2.29. The minimum atomic E-state index is -1.26. The zero-order chi connectivity index (χ0) is 13.4. The van der Waals surface area contributed by atoms with E-state index in [1.54, 1.807) is 4.90 Å². The first-order chi connectivity index (χ1) is 8.40. The van der Waals surface area contributed by atoms with Crippen LogP contribution in [0.15, 0.2) is 6.07 Å². The van der Waals surface area contributed by atoms with Crippen LogP contribution in [0.2, 0.25) is 0 Å². The highest BCUT2D eigenvalue weighted by atomic mass is 19.2. The highest BCUT2D eigenvalue weighted by Crippen LogP contribution is 2.23. The van der Waals surface area contributed by atoms with Crippen LogP contribution in [0.3, 0.4) is 0 Å². The van der Waals surface area contributed by atoms with Gasteiger partial charge >= 0.3 is 0 Å². The van der Waals surface area contributed by atoms with E-state index in [0.29, 0.717) is 19.2 Å². The van der Waals surface area contributed by atoms with Crippen molar-refractivity contribution < 1.29 is 13.2 Å². The standard InChI is InChI=1S/C12H16F3N3/c1-7-5-18(6-8(2)17(7)3)12-10(14)4-9(13)11(15)16-12/h4,7-8H,5-6H2,1-3H3. The van der Waals surface area contributed by atoms with Crippen LogP contribution in [0.5, 0.6) is 0 Å². The Morgan fingerprint density at radius 2 is 1.67 bits per heavy atom.